The molecule has 0 radical (unpaired) electrons. The topological polar surface area (TPSA) is 82.4 Å². The Morgan fingerprint density at radius 1 is 1.30 bits per heavy atom. The van der Waals surface area contributed by atoms with E-state index in [1.807, 2.05) is 0 Å². The molecule has 1 aliphatic rings. The molecule has 0 aromatic carbocycles. The number of thiophene rings is 1. The normalized spacial score (nSPS) is 13.7. The van der Waals surface area contributed by atoms with Crippen LogP contribution in [-0.4, -0.2) is 48.9 Å². The molecule has 1 amide bonds. The molecular formula is C19H27N3O4S. The Morgan fingerprint density at radius 2 is 2.15 bits per heavy atom. The second-order valence-corrected chi connectivity index (χ2v) is 7.78. The molecule has 148 valence electrons. The summed E-state index contributed by atoms with van der Waals surface area (Å²) in [5.74, 6) is -0.0637. The van der Waals surface area contributed by atoms with Crippen molar-refractivity contribution in [2.24, 2.45) is 0 Å². The van der Waals surface area contributed by atoms with Crippen molar-refractivity contribution in [3.8, 4) is 0 Å². The SMILES string of the molecule is COCCOCCCNC(=O)CCn1cnc2sc3c(c2c1=O)CCCC3. The predicted octanol–water partition coefficient (Wildman–Crippen LogP) is 1.90. The summed E-state index contributed by atoms with van der Waals surface area (Å²) in [6, 6.07) is 0. The van der Waals surface area contributed by atoms with E-state index in [4.69, 9.17) is 9.47 Å². The lowest BCUT2D eigenvalue weighted by Crippen LogP contribution is -2.28. The molecular weight excluding hydrogens is 366 g/mol. The average Bonchev–Trinajstić information content (AvgIpc) is 3.06. The molecule has 0 saturated carbocycles. The van der Waals surface area contributed by atoms with Gasteiger partial charge in [0.2, 0.25) is 5.91 Å². The number of carbonyl (C=O) groups excluding carboxylic acids is 1. The number of nitrogens with zero attached hydrogens (tertiary/aromatic N) is 2. The van der Waals surface area contributed by atoms with Crippen molar-refractivity contribution in [1.82, 2.24) is 14.9 Å². The lowest BCUT2D eigenvalue weighted by molar-refractivity contribution is -0.121. The molecule has 7 nitrogen and oxygen atoms in total. The van der Waals surface area contributed by atoms with E-state index in [1.165, 1.54) is 16.9 Å². The maximum absolute atomic E-state index is 12.8. The number of hydrogen-bond acceptors (Lipinski definition) is 6. The van der Waals surface area contributed by atoms with Crippen LogP contribution in [0.1, 0.15) is 36.1 Å². The van der Waals surface area contributed by atoms with Gasteiger partial charge in [0.25, 0.3) is 5.56 Å². The largest absolute Gasteiger partial charge is 0.382 e. The minimum atomic E-state index is -0.0637. The van der Waals surface area contributed by atoms with Crippen molar-refractivity contribution in [3.05, 3.63) is 27.1 Å². The zero-order chi connectivity index (χ0) is 19.1. The third-order valence-electron chi connectivity index (χ3n) is 4.74. The molecule has 2 aromatic heterocycles. The molecule has 1 aliphatic carbocycles. The molecule has 0 atom stereocenters. The fourth-order valence-corrected chi connectivity index (χ4v) is 4.52. The van der Waals surface area contributed by atoms with Gasteiger partial charge in [-0.05, 0) is 37.7 Å². The monoisotopic (exact) mass is 393 g/mol. The standard InChI is InChI=1S/C19H27N3O4S/c1-25-11-12-26-10-4-8-20-16(23)7-9-22-13-21-18-17(19(22)24)14-5-2-3-6-15(14)27-18/h13H,2-12H2,1H3,(H,20,23). The molecule has 0 fully saturated rings. The van der Waals surface area contributed by atoms with Crippen molar-refractivity contribution in [2.75, 3.05) is 33.5 Å². The fraction of sp³-hybridized carbons (Fsp3) is 0.632. The Bertz CT molecular complexity index is 830. The van der Waals surface area contributed by atoms with Crippen LogP contribution in [0.5, 0.6) is 0 Å². The summed E-state index contributed by atoms with van der Waals surface area (Å²) < 4.78 is 11.8. The van der Waals surface area contributed by atoms with E-state index in [1.54, 1.807) is 29.3 Å². The van der Waals surface area contributed by atoms with Crippen molar-refractivity contribution in [3.63, 3.8) is 0 Å². The van der Waals surface area contributed by atoms with Crippen LogP contribution in [0.15, 0.2) is 11.1 Å². The second kappa shape index (κ2) is 9.96. The van der Waals surface area contributed by atoms with Gasteiger partial charge in [0.15, 0.2) is 0 Å². The van der Waals surface area contributed by atoms with Crippen LogP contribution >= 0.6 is 11.3 Å². The highest BCUT2D eigenvalue weighted by atomic mass is 32.1. The van der Waals surface area contributed by atoms with E-state index >= 15 is 0 Å². The third kappa shape index (κ3) is 5.15. The number of methoxy groups -OCH3 is 1. The fourth-order valence-electron chi connectivity index (χ4n) is 3.30. The van der Waals surface area contributed by atoms with Gasteiger partial charge in [-0.2, -0.15) is 0 Å². The summed E-state index contributed by atoms with van der Waals surface area (Å²) in [5, 5.41) is 3.63. The van der Waals surface area contributed by atoms with Crippen molar-refractivity contribution >= 4 is 27.5 Å². The number of amides is 1. The summed E-state index contributed by atoms with van der Waals surface area (Å²) in [6.45, 7) is 2.65. The molecule has 2 aromatic rings. The van der Waals surface area contributed by atoms with Gasteiger partial charge in [0.1, 0.15) is 4.83 Å². The summed E-state index contributed by atoms with van der Waals surface area (Å²) in [6.07, 6.45) is 6.92. The summed E-state index contributed by atoms with van der Waals surface area (Å²) in [5.41, 5.74) is 1.17. The first-order valence-corrected chi connectivity index (χ1v) is 10.4. The van der Waals surface area contributed by atoms with E-state index in [0.29, 0.717) is 32.9 Å². The van der Waals surface area contributed by atoms with E-state index in [0.717, 1.165) is 35.9 Å². The quantitative estimate of drug-likeness (QED) is 0.624. The summed E-state index contributed by atoms with van der Waals surface area (Å²) >= 11 is 1.64. The van der Waals surface area contributed by atoms with Crippen molar-refractivity contribution in [1.29, 1.82) is 0 Å². The zero-order valence-electron chi connectivity index (χ0n) is 15.8. The Hall–Kier alpha value is -1.77. The van der Waals surface area contributed by atoms with Crippen LogP contribution in [0.25, 0.3) is 10.2 Å². The van der Waals surface area contributed by atoms with E-state index < -0.39 is 0 Å². The smallest absolute Gasteiger partial charge is 0.262 e. The number of aromatic nitrogens is 2. The number of fused-ring (bicyclic) bond motifs is 3. The maximum Gasteiger partial charge on any atom is 0.262 e. The van der Waals surface area contributed by atoms with Gasteiger partial charge in [-0.1, -0.05) is 0 Å². The first-order chi connectivity index (χ1) is 13.2. The molecule has 0 unspecified atom stereocenters. The van der Waals surface area contributed by atoms with E-state index in [9.17, 15) is 9.59 Å². The highest BCUT2D eigenvalue weighted by molar-refractivity contribution is 7.18. The van der Waals surface area contributed by atoms with Gasteiger partial charge in [-0.25, -0.2) is 4.98 Å². The number of nitrogens with one attached hydrogen (secondary N) is 1. The average molecular weight is 394 g/mol. The lowest BCUT2D eigenvalue weighted by Gasteiger charge is -2.10. The summed E-state index contributed by atoms with van der Waals surface area (Å²) in [4.78, 5) is 31.4. The van der Waals surface area contributed by atoms with Crippen LogP contribution in [0.2, 0.25) is 0 Å². The van der Waals surface area contributed by atoms with Gasteiger partial charge >= 0.3 is 0 Å². The Labute approximate surface area is 162 Å². The number of hydrogen-bond donors (Lipinski definition) is 1. The minimum Gasteiger partial charge on any atom is -0.382 e. The van der Waals surface area contributed by atoms with Crippen LogP contribution < -0.4 is 10.9 Å². The predicted molar refractivity (Wildman–Crippen MR) is 105 cm³/mol. The molecule has 27 heavy (non-hydrogen) atoms. The molecule has 1 N–H and O–H groups in total. The second-order valence-electron chi connectivity index (χ2n) is 6.69. The third-order valence-corrected chi connectivity index (χ3v) is 5.94. The number of rotatable bonds is 10. The molecule has 8 heteroatoms. The first-order valence-electron chi connectivity index (χ1n) is 9.53. The molecule has 2 heterocycles. The Kier molecular flexibility index (Phi) is 7.37. The van der Waals surface area contributed by atoms with Gasteiger partial charge in [-0.3, -0.25) is 14.2 Å². The summed E-state index contributed by atoms with van der Waals surface area (Å²) in [7, 11) is 1.63. The zero-order valence-corrected chi connectivity index (χ0v) is 16.6. The number of ether oxygens (including phenoxy) is 2. The maximum atomic E-state index is 12.8. The number of aryl methyl sites for hydroxylation is 3. The molecule has 3 rings (SSSR count). The lowest BCUT2D eigenvalue weighted by atomic mass is 9.97. The molecule has 0 aliphatic heterocycles. The molecule has 0 spiro atoms. The number of carbonyl (C=O) groups is 1. The van der Waals surface area contributed by atoms with Crippen LogP contribution in [0.4, 0.5) is 0 Å². The van der Waals surface area contributed by atoms with Crippen molar-refractivity contribution < 1.29 is 14.3 Å². The van der Waals surface area contributed by atoms with E-state index in [-0.39, 0.29) is 17.9 Å². The van der Waals surface area contributed by atoms with Gasteiger partial charge in [-0.15, -0.1) is 11.3 Å². The minimum absolute atomic E-state index is 0.0151. The van der Waals surface area contributed by atoms with Crippen LogP contribution in [-0.2, 0) is 33.7 Å². The molecule has 0 saturated heterocycles. The first kappa shape index (κ1) is 20.0. The molecule has 0 bridgehead atoms. The van der Waals surface area contributed by atoms with Crippen molar-refractivity contribution in [2.45, 2.75) is 45.1 Å². The van der Waals surface area contributed by atoms with Gasteiger partial charge in [0, 0.05) is 38.1 Å². The Balaban J connectivity index is 1.49. The Morgan fingerprint density at radius 3 is 3.00 bits per heavy atom. The van der Waals surface area contributed by atoms with Gasteiger partial charge < -0.3 is 14.8 Å². The van der Waals surface area contributed by atoms with E-state index in [2.05, 4.69) is 10.3 Å². The highest BCUT2D eigenvalue weighted by Gasteiger charge is 2.20. The van der Waals surface area contributed by atoms with Gasteiger partial charge in [0.05, 0.1) is 24.9 Å². The van der Waals surface area contributed by atoms with Crippen LogP contribution in [0.3, 0.4) is 0 Å². The van der Waals surface area contributed by atoms with Crippen LogP contribution in [0, 0.1) is 0 Å². The highest BCUT2D eigenvalue weighted by Crippen LogP contribution is 2.33.